The summed E-state index contributed by atoms with van der Waals surface area (Å²) < 4.78 is 0. The number of hydrogen-bond acceptors (Lipinski definition) is 5. The summed E-state index contributed by atoms with van der Waals surface area (Å²) in [5.41, 5.74) is 5.76. The van der Waals surface area contributed by atoms with Crippen molar-refractivity contribution in [3.63, 3.8) is 0 Å². The number of nitrogens with zero attached hydrogens (tertiary/aromatic N) is 3. The van der Waals surface area contributed by atoms with Gasteiger partial charge in [-0.05, 0) is 12.8 Å². The Balaban J connectivity index is 1.55. The van der Waals surface area contributed by atoms with Gasteiger partial charge in [-0.25, -0.2) is 14.8 Å². The minimum absolute atomic E-state index is 0.154. The van der Waals surface area contributed by atoms with Gasteiger partial charge in [-0.1, -0.05) is 11.6 Å². The number of aromatic nitrogens is 2. The average molecular weight is 284 g/mol. The number of nitrogen functional groups attached to an aromatic ring is 1. The topological polar surface area (TPSA) is 104 Å². The molecule has 1 aliphatic heterocycles. The van der Waals surface area contributed by atoms with Crippen molar-refractivity contribution in [1.82, 2.24) is 14.9 Å². The number of nitrogens with one attached hydrogen (secondary N) is 1. The lowest BCUT2D eigenvalue weighted by Crippen LogP contribution is -2.65. The maximum Gasteiger partial charge on any atom is 0.407 e. The first kappa shape index (κ1) is 12.3. The van der Waals surface area contributed by atoms with Gasteiger partial charge in [0.05, 0.1) is 0 Å². The van der Waals surface area contributed by atoms with E-state index in [1.165, 1.54) is 11.2 Å². The van der Waals surface area contributed by atoms with Crippen molar-refractivity contribution in [3.8, 4) is 0 Å². The second-order valence-corrected chi connectivity index (χ2v) is 5.69. The lowest BCUT2D eigenvalue weighted by atomic mass is 9.61. The number of amides is 1. The molecule has 1 aromatic rings. The smallest absolute Gasteiger partial charge is 0.407 e. The van der Waals surface area contributed by atoms with Crippen LogP contribution in [-0.4, -0.2) is 45.2 Å². The molecule has 0 radical (unpaired) electrons. The summed E-state index contributed by atoms with van der Waals surface area (Å²) >= 11 is 6.00. The normalized spacial score (nSPS) is 20.8. The maximum absolute atomic E-state index is 10.7. The number of nitrogens with two attached hydrogens (primary N) is 1. The molecule has 1 aromatic heterocycles. The van der Waals surface area contributed by atoms with Gasteiger partial charge >= 0.3 is 6.09 Å². The van der Waals surface area contributed by atoms with E-state index in [0.717, 1.165) is 12.8 Å². The monoisotopic (exact) mass is 283 g/mol. The highest BCUT2D eigenvalue weighted by atomic mass is 35.5. The molecule has 8 heteroatoms. The van der Waals surface area contributed by atoms with E-state index in [1.54, 1.807) is 0 Å². The van der Waals surface area contributed by atoms with Gasteiger partial charge in [0.25, 0.3) is 0 Å². The van der Waals surface area contributed by atoms with E-state index in [2.05, 4.69) is 15.3 Å². The molecule has 0 unspecified atom stereocenters. The van der Waals surface area contributed by atoms with Crippen LogP contribution in [0.5, 0.6) is 0 Å². The highest BCUT2D eigenvalue weighted by Crippen LogP contribution is 2.49. The average Bonchev–Trinajstić information content (AvgIpc) is 2.25. The molecule has 2 aliphatic rings. The zero-order valence-corrected chi connectivity index (χ0v) is 10.9. The predicted octanol–water partition coefficient (Wildman–Crippen LogP) is 1.27. The molecular formula is C11H14ClN5O2. The lowest BCUT2D eigenvalue weighted by molar-refractivity contribution is -0.0519. The van der Waals surface area contributed by atoms with Crippen LogP contribution in [0.25, 0.3) is 0 Å². The van der Waals surface area contributed by atoms with Crippen LogP contribution in [0, 0.1) is 5.41 Å². The predicted molar refractivity (Wildman–Crippen MR) is 70.1 cm³/mol. The first-order chi connectivity index (χ1) is 8.99. The van der Waals surface area contributed by atoms with E-state index >= 15 is 0 Å². The van der Waals surface area contributed by atoms with Crippen LogP contribution >= 0.6 is 11.6 Å². The van der Waals surface area contributed by atoms with Gasteiger partial charge in [0.1, 0.15) is 17.2 Å². The van der Waals surface area contributed by atoms with Crippen LogP contribution in [0.2, 0.25) is 5.02 Å². The van der Waals surface area contributed by atoms with Gasteiger partial charge in [-0.3, -0.25) is 0 Å². The lowest BCUT2D eigenvalue weighted by Gasteiger charge is -2.58. The third kappa shape index (κ3) is 2.03. The second-order valence-electron chi connectivity index (χ2n) is 5.31. The minimum Gasteiger partial charge on any atom is -0.465 e. The molecule has 1 amide bonds. The summed E-state index contributed by atoms with van der Waals surface area (Å²) in [5, 5.41) is 12.4. The summed E-state index contributed by atoms with van der Waals surface area (Å²) in [6, 6.07) is 0.266. The van der Waals surface area contributed by atoms with E-state index in [4.69, 9.17) is 22.4 Å². The summed E-state index contributed by atoms with van der Waals surface area (Å²) in [5.74, 6) is 0.803. The van der Waals surface area contributed by atoms with Crippen LogP contribution in [0.4, 0.5) is 16.4 Å². The first-order valence-corrected chi connectivity index (χ1v) is 6.37. The molecule has 102 valence electrons. The van der Waals surface area contributed by atoms with Crippen molar-refractivity contribution in [2.45, 2.75) is 18.9 Å². The summed E-state index contributed by atoms with van der Waals surface area (Å²) in [4.78, 5) is 20.0. The minimum atomic E-state index is -0.839. The zero-order chi connectivity index (χ0) is 13.6. The molecular weight excluding hydrogens is 270 g/mol. The Labute approximate surface area is 114 Å². The molecule has 1 saturated heterocycles. The van der Waals surface area contributed by atoms with Crippen molar-refractivity contribution in [3.05, 3.63) is 11.3 Å². The molecule has 7 nitrogen and oxygen atoms in total. The molecule has 0 bridgehead atoms. The van der Waals surface area contributed by atoms with Gasteiger partial charge in [-0.15, -0.1) is 0 Å². The number of carbonyl (C=O) groups is 1. The largest absolute Gasteiger partial charge is 0.465 e. The third-order valence-electron chi connectivity index (χ3n) is 3.84. The summed E-state index contributed by atoms with van der Waals surface area (Å²) in [6.07, 6.45) is 2.38. The third-order valence-corrected chi connectivity index (χ3v) is 4.21. The molecule has 4 N–H and O–H groups in total. The molecule has 1 spiro atoms. The molecule has 0 aromatic carbocycles. The molecule has 1 aliphatic carbocycles. The standard InChI is InChI=1S/C11H14ClN5O2/c12-7-8(13)14-5-15-9(7)16-6-1-11(2-6)3-17(4-11)10(18)19/h5-6H,1-4H2,(H,18,19)(H3,13,14,15,16). The van der Waals surface area contributed by atoms with Crippen molar-refractivity contribution in [1.29, 1.82) is 0 Å². The first-order valence-electron chi connectivity index (χ1n) is 5.99. The quantitative estimate of drug-likeness (QED) is 0.755. The SMILES string of the molecule is Nc1ncnc(NC2CC3(C2)CN(C(=O)O)C3)c1Cl. The van der Waals surface area contributed by atoms with Crippen LogP contribution < -0.4 is 11.1 Å². The molecule has 0 atom stereocenters. The van der Waals surface area contributed by atoms with Gasteiger partial charge in [0.2, 0.25) is 0 Å². The Bertz CT molecular complexity index is 524. The van der Waals surface area contributed by atoms with E-state index in [1.807, 2.05) is 0 Å². The highest BCUT2D eigenvalue weighted by molar-refractivity contribution is 6.35. The molecule has 2 heterocycles. The molecule has 3 rings (SSSR count). The number of likely N-dealkylation sites (tertiary alicyclic amines) is 1. The fourth-order valence-corrected chi connectivity index (χ4v) is 3.07. The van der Waals surface area contributed by atoms with Gasteiger partial charge in [0, 0.05) is 24.5 Å². The zero-order valence-electron chi connectivity index (χ0n) is 10.1. The van der Waals surface area contributed by atoms with Crippen LogP contribution in [-0.2, 0) is 0 Å². The highest BCUT2D eigenvalue weighted by Gasteiger charge is 2.53. The number of halogens is 1. The van der Waals surface area contributed by atoms with E-state index < -0.39 is 6.09 Å². The summed E-state index contributed by atoms with van der Waals surface area (Å²) in [7, 11) is 0. The van der Waals surface area contributed by atoms with Crippen molar-refractivity contribution >= 4 is 29.3 Å². The molecule has 2 fully saturated rings. The van der Waals surface area contributed by atoms with Gasteiger partial charge in [-0.2, -0.15) is 0 Å². The Morgan fingerprint density at radius 1 is 1.53 bits per heavy atom. The Hall–Kier alpha value is -1.76. The van der Waals surface area contributed by atoms with E-state index in [0.29, 0.717) is 23.9 Å². The molecule has 1 saturated carbocycles. The maximum atomic E-state index is 10.7. The Morgan fingerprint density at radius 3 is 2.84 bits per heavy atom. The number of hydrogen-bond donors (Lipinski definition) is 3. The van der Waals surface area contributed by atoms with Gasteiger partial charge < -0.3 is 21.1 Å². The van der Waals surface area contributed by atoms with Crippen molar-refractivity contribution in [2.24, 2.45) is 5.41 Å². The van der Waals surface area contributed by atoms with E-state index in [9.17, 15) is 4.79 Å². The summed E-state index contributed by atoms with van der Waals surface area (Å²) in [6.45, 7) is 1.25. The number of rotatable bonds is 2. The van der Waals surface area contributed by atoms with Crippen LogP contribution in [0.15, 0.2) is 6.33 Å². The van der Waals surface area contributed by atoms with E-state index in [-0.39, 0.29) is 17.3 Å². The fraction of sp³-hybridized carbons (Fsp3) is 0.545. The second kappa shape index (κ2) is 4.12. The molecule has 19 heavy (non-hydrogen) atoms. The van der Waals surface area contributed by atoms with Crippen LogP contribution in [0.3, 0.4) is 0 Å². The number of carboxylic acid groups (broad SMARTS) is 1. The van der Waals surface area contributed by atoms with Crippen LogP contribution in [0.1, 0.15) is 12.8 Å². The van der Waals surface area contributed by atoms with Crippen molar-refractivity contribution in [2.75, 3.05) is 24.1 Å². The number of anilines is 2. The van der Waals surface area contributed by atoms with Gasteiger partial charge in [0.15, 0.2) is 5.82 Å². The Kier molecular flexibility index (Phi) is 2.67. The Morgan fingerprint density at radius 2 is 2.21 bits per heavy atom. The fourth-order valence-electron chi connectivity index (χ4n) is 2.92. The van der Waals surface area contributed by atoms with Crippen molar-refractivity contribution < 1.29 is 9.90 Å².